The molecule has 0 spiro atoms. The van der Waals surface area contributed by atoms with Crippen molar-refractivity contribution in [1.29, 1.82) is 0 Å². The largest absolute Gasteiger partial charge is 0.495 e. The highest BCUT2D eigenvalue weighted by Crippen LogP contribution is 2.25. The standard InChI is InChI=1S/C12H13N3O5S/c1-20-10-3-2-8(12(16)17)6-11(10)21(18,19)14-7-9-4-5-13-15-9/h2-6,14H,7H2,1H3,(H,13,15)(H,16,17). The maximum Gasteiger partial charge on any atom is 0.335 e. The minimum Gasteiger partial charge on any atom is -0.495 e. The van der Waals surface area contributed by atoms with E-state index in [0.717, 1.165) is 6.07 Å². The number of carboxylic acids is 1. The fourth-order valence-electron chi connectivity index (χ4n) is 1.65. The number of nitrogens with one attached hydrogen (secondary N) is 2. The predicted molar refractivity (Wildman–Crippen MR) is 72.6 cm³/mol. The van der Waals surface area contributed by atoms with Crippen molar-refractivity contribution in [2.45, 2.75) is 11.4 Å². The third kappa shape index (κ3) is 3.38. The third-order valence-electron chi connectivity index (χ3n) is 2.71. The molecule has 0 aliphatic heterocycles. The van der Waals surface area contributed by atoms with Gasteiger partial charge in [0.2, 0.25) is 10.0 Å². The van der Waals surface area contributed by atoms with Gasteiger partial charge in [0, 0.05) is 6.20 Å². The van der Waals surface area contributed by atoms with E-state index in [9.17, 15) is 13.2 Å². The summed E-state index contributed by atoms with van der Waals surface area (Å²) in [7, 11) is -2.61. The smallest absolute Gasteiger partial charge is 0.335 e. The first-order chi connectivity index (χ1) is 9.94. The van der Waals surface area contributed by atoms with Crippen molar-refractivity contribution >= 4 is 16.0 Å². The van der Waals surface area contributed by atoms with Gasteiger partial charge < -0.3 is 9.84 Å². The molecule has 21 heavy (non-hydrogen) atoms. The maximum atomic E-state index is 12.3. The van der Waals surface area contributed by atoms with Gasteiger partial charge in [0.05, 0.1) is 24.9 Å². The number of nitrogens with zero attached hydrogens (tertiary/aromatic N) is 1. The molecule has 0 saturated heterocycles. The van der Waals surface area contributed by atoms with Crippen LogP contribution in [0.3, 0.4) is 0 Å². The second kappa shape index (κ2) is 5.94. The molecule has 8 nitrogen and oxygen atoms in total. The van der Waals surface area contributed by atoms with Crippen LogP contribution in [0.5, 0.6) is 5.75 Å². The Hall–Kier alpha value is -2.39. The topological polar surface area (TPSA) is 121 Å². The molecule has 0 bridgehead atoms. The van der Waals surface area contributed by atoms with Crippen LogP contribution in [0.1, 0.15) is 16.1 Å². The number of carbonyl (C=O) groups is 1. The van der Waals surface area contributed by atoms with E-state index in [1.165, 1.54) is 25.4 Å². The van der Waals surface area contributed by atoms with Gasteiger partial charge in [-0.2, -0.15) is 5.10 Å². The quantitative estimate of drug-likeness (QED) is 0.718. The fraction of sp³-hybridized carbons (Fsp3) is 0.167. The highest BCUT2D eigenvalue weighted by molar-refractivity contribution is 7.89. The monoisotopic (exact) mass is 311 g/mol. The SMILES string of the molecule is COc1ccc(C(=O)O)cc1S(=O)(=O)NCc1ccn[nH]1. The second-order valence-corrected chi connectivity index (χ2v) is 5.81. The van der Waals surface area contributed by atoms with Crippen LogP contribution in [-0.2, 0) is 16.6 Å². The first-order valence-corrected chi connectivity index (χ1v) is 7.31. The van der Waals surface area contributed by atoms with Gasteiger partial charge in [0.15, 0.2) is 0 Å². The summed E-state index contributed by atoms with van der Waals surface area (Å²) < 4.78 is 31.8. The zero-order valence-corrected chi connectivity index (χ0v) is 11.8. The predicted octanol–water partition coefficient (Wildman–Crippen LogP) is 0.595. The van der Waals surface area contributed by atoms with Crippen LogP contribution in [0, 0.1) is 0 Å². The number of sulfonamides is 1. The molecule has 2 aromatic rings. The van der Waals surface area contributed by atoms with Crippen molar-refractivity contribution in [2.24, 2.45) is 0 Å². The van der Waals surface area contributed by atoms with Gasteiger partial charge in [-0.3, -0.25) is 5.10 Å². The zero-order chi connectivity index (χ0) is 15.5. The highest BCUT2D eigenvalue weighted by Gasteiger charge is 2.21. The number of rotatable bonds is 6. The second-order valence-electron chi connectivity index (χ2n) is 4.08. The average Bonchev–Trinajstić information content (AvgIpc) is 2.98. The number of carboxylic acid groups (broad SMARTS) is 1. The molecule has 9 heteroatoms. The Balaban J connectivity index is 2.33. The molecule has 0 atom stereocenters. The Labute approximate surface area is 120 Å². The molecule has 1 heterocycles. The summed E-state index contributed by atoms with van der Waals surface area (Å²) >= 11 is 0. The number of aromatic nitrogens is 2. The molecule has 0 fully saturated rings. The van der Waals surface area contributed by atoms with Gasteiger partial charge in [0.25, 0.3) is 0 Å². The van der Waals surface area contributed by atoms with E-state index in [4.69, 9.17) is 9.84 Å². The van der Waals surface area contributed by atoms with Gasteiger partial charge in [-0.05, 0) is 24.3 Å². The molecule has 1 aromatic carbocycles. The van der Waals surface area contributed by atoms with Gasteiger partial charge in [-0.25, -0.2) is 17.9 Å². The first-order valence-electron chi connectivity index (χ1n) is 5.83. The first kappa shape index (κ1) is 15.0. The molecule has 0 aliphatic rings. The van der Waals surface area contributed by atoms with Crippen LogP contribution in [-0.4, -0.2) is 36.8 Å². The molecular weight excluding hydrogens is 298 g/mol. The Kier molecular flexibility index (Phi) is 4.24. The van der Waals surface area contributed by atoms with Crippen LogP contribution in [0.4, 0.5) is 0 Å². The van der Waals surface area contributed by atoms with E-state index in [0.29, 0.717) is 5.69 Å². The number of aromatic amines is 1. The average molecular weight is 311 g/mol. The number of aromatic carboxylic acids is 1. The Bertz CT molecular complexity index is 740. The molecule has 1 aromatic heterocycles. The summed E-state index contributed by atoms with van der Waals surface area (Å²) in [6.07, 6.45) is 1.50. The number of benzene rings is 1. The van der Waals surface area contributed by atoms with E-state index >= 15 is 0 Å². The number of H-pyrrole nitrogens is 1. The van der Waals surface area contributed by atoms with Crippen LogP contribution >= 0.6 is 0 Å². The molecule has 0 unspecified atom stereocenters. The van der Waals surface area contributed by atoms with Crippen molar-refractivity contribution in [1.82, 2.24) is 14.9 Å². The molecule has 0 amide bonds. The van der Waals surface area contributed by atoms with E-state index in [1.54, 1.807) is 6.07 Å². The van der Waals surface area contributed by atoms with E-state index in [2.05, 4.69) is 14.9 Å². The normalized spacial score (nSPS) is 11.3. The van der Waals surface area contributed by atoms with Gasteiger partial charge in [-0.15, -0.1) is 0 Å². The molecule has 0 aliphatic carbocycles. The molecule has 2 rings (SSSR count). The lowest BCUT2D eigenvalue weighted by atomic mass is 10.2. The van der Waals surface area contributed by atoms with Crippen LogP contribution in [0.15, 0.2) is 35.4 Å². The number of methoxy groups -OCH3 is 1. The van der Waals surface area contributed by atoms with Gasteiger partial charge in [-0.1, -0.05) is 0 Å². The summed E-state index contributed by atoms with van der Waals surface area (Å²) in [5.74, 6) is -1.15. The van der Waals surface area contributed by atoms with Crippen molar-refractivity contribution in [2.75, 3.05) is 7.11 Å². The van der Waals surface area contributed by atoms with Crippen molar-refractivity contribution < 1.29 is 23.1 Å². The lowest BCUT2D eigenvalue weighted by Gasteiger charge is -2.11. The minimum absolute atomic E-state index is 0.00276. The zero-order valence-electron chi connectivity index (χ0n) is 11.0. The molecule has 0 saturated carbocycles. The van der Waals surface area contributed by atoms with Crippen LogP contribution < -0.4 is 9.46 Å². The summed E-state index contributed by atoms with van der Waals surface area (Å²) in [5.41, 5.74) is 0.435. The molecular formula is C12H13N3O5S. The van der Waals surface area contributed by atoms with Gasteiger partial charge in [0.1, 0.15) is 10.6 Å². The molecule has 0 radical (unpaired) electrons. The van der Waals surface area contributed by atoms with E-state index in [-0.39, 0.29) is 22.8 Å². The lowest BCUT2D eigenvalue weighted by molar-refractivity contribution is 0.0696. The van der Waals surface area contributed by atoms with Crippen molar-refractivity contribution in [3.8, 4) is 5.75 Å². The lowest BCUT2D eigenvalue weighted by Crippen LogP contribution is -2.24. The summed E-state index contributed by atoms with van der Waals surface area (Å²) in [5, 5.41) is 15.3. The Morgan fingerprint density at radius 1 is 1.43 bits per heavy atom. The fourth-order valence-corrected chi connectivity index (χ4v) is 2.85. The molecule has 3 N–H and O–H groups in total. The van der Waals surface area contributed by atoms with E-state index in [1.807, 2.05) is 0 Å². The Morgan fingerprint density at radius 2 is 2.19 bits per heavy atom. The molecule has 112 valence electrons. The van der Waals surface area contributed by atoms with E-state index < -0.39 is 16.0 Å². The minimum atomic E-state index is -3.92. The summed E-state index contributed by atoms with van der Waals surface area (Å²) in [6.45, 7) is 0.00276. The number of ether oxygens (including phenoxy) is 1. The van der Waals surface area contributed by atoms with Gasteiger partial charge >= 0.3 is 5.97 Å². The number of hydrogen-bond donors (Lipinski definition) is 3. The van der Waals surface area contributed by atoms with Crippen molar-refractivity contribution in [3.05, 3.63) is 41.7 Å². The summed E-state index contributed by atoms with van der Waals surface area (Å²) in [6, 6.07) is 5.24. The van der Waals surface area contributed by atoms with Crippen molar-refractivity contribution in [3.63, 3.8) is 0 Å². The maximum absolute atomic E-state index is 12.3. The number of hydrogen-bond acceptors (Lipinski definition) is 5. The summed E-state index contributed by atoms with van der Waals surface area (Å²) in [4.78, 5) is 10.7. The van der Waals surface area contributed by atoms with Crippen LogP contribution in [0.25, 0.3) is 0 Å². The Morgan fingerprint density at radius 3 is 2.76 bits per heavy atom. The highest BCUT2D eigenvalue weighted by atomic mass is 32.2. The third-order valence-corrected chi connectivity index (χ3v) is 4.13. The van der Waals surface area contributed by atoms with Crippen LogP contribution in [0.2, 0.25) is 0 Å².